The first kappa shape index (κ1) is 14.1. The normalized spacial score (nSPS) is 12.6. The Bertz CT molecular complexity index is 555. The molecule has 1 unspecified atom stereocenters. The number of halogens is 2. The van der Waals surface area contributed by atoms with Gasteiger partial charge in [-0.1, -0.05) is 12.1 Å². The highest BCUT2D eigenvalue weighted by molar-refractivity contribution is 9.10. The Kier molecular flexibility index (Phi) is 4.66. The van der Waals surface area contributed by atoms with Crippen molar-refractivity contribution in [1.82, 2.24) is 20.1 Å². The first-order chi connectivity index (χ1) is 9.17. The summed E-state index contributed by atoms with van der Waals surface area (Å²) in [5.74, 6) is 0.616. The van der Waals surface area contributed by atoms with Crippen molar-refractivity contribution in [3.63, 3.8) is 0 Å². The number of rotatable bonds is 5. The van der Waals surface area contributed by atoms with Crippen molar-refractivity contribution in [3.05, 3.63) is 46.2 Å². The number of nitrogens with one attached hydrogen (secondary N) is 1. The van der Waals surface area contributed by atoms with E-state index in [1.165, 1.54) is 6.33 Å². The zero-order valence-corrected chi connectivity index (χ0v) is 12.5. The minimum absolute atomic E-state index is 0.132. The van der Waals surface area contributed by atoms with Gasteiger partial charge in [-0.2, -0.15) is 5.10 Å². The lowest BCUT2D eigenvalue weighted by Crippen LogP contribution is -2.22. The molecule has 1 aromatic heterocycles. The maximum Gasteiger partial charge on any atom is 0.142 e. The average molecular weight is 327 g/mol. The molecule has 19 heavy (non-hydrogen) atoms. The van der Waals surface area contributed by atoms with Crippen molar-refractivity contribution in [2.75, 3.05) is 7.05 Å². The third-order valence-corrected chi connectivity index (χ3v) is 3.70. The molecule has 1 atom stereocenters. The average Bonchev–Trinajstić information content (AvgIpc) is 2.87. The summed E-state index contributed by atoms with van der Waals surface area (Å²) in [5.41, 5.74) is 0.627. The van der Waals surface area contributed by atoms with Gasteiger partial charge in [-0.25, -0.2) is 9.37 Å². The van der Waals surface area contributed by atoms with Crippen molar-refractivity contribution < 1.29 is 4.39 Å². The Morgan fingerprint density at radius 3 is 2.95 bits per heavy atom. The Hall–Kier alpha value is -1.27. The van der Waals surface area contributed by atoms with Gasteiger partial charge in [-0.15, -0.1) is 0 Å². The van der Waals surface area contributed by atoms with E-state index < -0.39 is 0 Å². The van der Waals surface area contributed by atoms with Gasteiger partial charge in [0.15, 0.2) is 0 Å². The lowest BCUT2D eigenvalue weighted by Gasteiger charge is -2.17. The molecule has 1 heterocycles. The summed E-state index contributed by atoms with van der Waals surface area (Å²) < 4.78 is 16.4. The van der Waals surface area contributed by atoms with E-state index in [0.29, 0.717) is 16.5 Å². The molecule has 6 heteroatoms. The van der Waals surface area contributed by atoms with Crippen molar-refractivity contribution in [2.24, 2.45) is 0 Å². The topological polar surface area (TPSA) is 42.7 Å². The van der Waals surface area contributed by atoms with Crippen LogP contribution in [0.5, 0.6) is 0 Å². The molecule has 0 saturated heterocycles. The molecule has 102 valence electrons. The van der Waals surface area contributed by atoms with Gasteiger partial charge in [0.2, 0.25) is 0 Å². The maximum atomic E-state index is 14.1. The largest absolute Gasteiger partial charge is 0.313 e. The Labute approximate surface area is 120 Å². The molecule has 0 aliphatic carbocycles. The van der Waals surface area contributed by atoms with E-state index in [1.807, 2.05) is 24.7 Å². The van der Waals surface area contributed by atoms with Crippen LogP contribution in [0.4, 0.5) is 4.39 Å². The Morgan fingerprint density at radius 1 is 1.47 bits per heavy atom. The molecule has 0 aliphatic rings. The molecule has 0 aliphatic heterocycles. The van der Waals surface area contributed by atoms with Crippen LogP contribution in [-0.2, 0) is 13.0 Å². The molecule has 0 bridgehead atoms. The highest BCUT2D eigenvalue weighted by atomic mass is 79.9. The van der Waals surface area contributed by atoms with E-state index in [4.69, 9.17) is 0 Å². The quantitative estimate of drug-likeness (QED) is 0.918. The summed E-state index contributed by atoms with van der Waals surface area (Å²) in [7, 11) is 1.82. The first-order valence-corrected chi connectivity index (χ1v) is 6.94. The fraction of sp³-hybridized carbons (Fsp3) is 0.385. The van der Waals surface area contributed by atoms with Crippen molar-refractivity contribution in [3.8, 4) is 0 Å². The third-order valence-electron chi connectivity index (χ3n) is 3.09. The summed E-state index contributed by atoms with van der Waals surface area (Å²) in [4.78, 5) is 4.23. The lowest BCUT2D eigenvalue weighted by molar-refractivity contribution is 0.503. The van der Waals surface area contributed by atoms with Crippen molar-refractivity contribution in [2.45, 2.75) is 25.9 Å². The second kappa shape index (κ2) is 6.25. The van der Waals surface area contributed by atoms with Crippen LogP contribution < -0.4 is 5.32 Å². The smallest absolute Gasteiger partial charge is 0.142 e. The molecule has 0 fully saturated rings. The summed E-state index contributed by atoms with van der Waals surface area (Å²) in [6, 6.07) is 5.18. The van der Waals surface area contributed by atoms with Gasteiger partial charge in [0, 0.05) is 24.6 Å². The van der Waals surface area contributed by atoms with Gasteiger partial charge in [0.1, 0.15) is 18.0 Å². The fourth-order valence-electron chi connectivity index (χ4n) is 2.05. The number of hydrogen-bond donors (Lipinski definition) is 1. The van der Waals surface area contributed by atoms with Crippen LogP contribution in [0.3, 0.4) is 0 Å². The predicted octanol–water partition coefficient (Wildman–Crippen LogP) is 2.70. The van der Waals surface area contributed by atoms with E-state index in [9.17, 15) is 4.39 Å². The zero-order valence-electron chi connectivity index (χ0n) is 10.9. The SMILES string of the molecule is CCn1ncnc1CC(NC)c1cccc(Br)c1F. The summed E-state index contributed by atoms with van der Waals surface area (Å²) >= 11 is 3.21. The first-order valence-electron chi connectivity index (χ1n) is 6.15. The van der Waals surface area contributed by atoms with Crippen molar-refractivity contribution in [1.29, 1.82) is 0 Å². The Balaban J connectivity index is 2.28. The second-order valence-electron chi connectivity index (χ2n) is 4.18. The van der Waals surface area contributed by atoms with Gasteiger partial charge in [-0.3, -0.25) is 4.68 Å². The van der Waals surface area contributed by atoms with E-state index in [1.54, 1.807) is 12.1 Å². The minimum atomic E-state index is -0.232. The molecule has 2 rings (SSSR count). The zero-order chi connectivity index (χ0) is 13.8. The molecule has 1 aromatic carbocycles. The second-order valence-corrected chi connectivity index (χ2v) is 5.03. The number of aryl methyl sites for hydroxylation is 1. The monoisotopic (exact) mass is 326 g/mol. The number of benzene rings is 1. The van der Waals surface area contributed by atoms with Crippen LogP contribution in [0.25, 0.3) is 0 Å². The molecule has 2 aromatic rings. The number of nitrogens with zero attached hydrogens (tertiary/aromatic N) is 3. The Morgan fingerprint density at radius 2 is 2.26 bits per heavy atom. The van der Waals surface area contributed by atoms with Gasteiger partial charge in [-0.05, 0) is 36.0 Å². The molecule has 0 saturated carbocycles. The van der Waals surface area contributed by atoms with Crippen LogP contribution in [0.2, 0.25) is 0 Å². The molecular weight excluding hydrogens is 311 g/mol. The van der Waals surface area contributed by atoms with Crippen LogP contribution in [-0.4, -0.2) is 21.8 Å². The lowest BCUT2D eigenvalue weighted by atomic mass is 10.0. The summed E-state index contributed by atoms with van der Waals surface area (Å²) in [6.45, 7) is 2.76. The standard InChI is InChI=1S/C13H16BrFN4/c1-3-19-12(17-8-18-19)7-11(16-2)9-5-4-6-10(14)13(9)15/h4-6,8,11,16H,3,7H2,1-2H3. The number of likely N-dealkylation sites (N-methyl/N-ethyl adjacent to an activating group) is 1. The van der Waals surface area contributed by atoms with Crippen LogP contribution in [0, 0.1) is 5.82 Å². The molecule has 4 nitrogen and oxygen atoms in total. The van der Waals surface area contributed by atoms with E-state index in [0.717, 1.165) is 12.4 Å². The molecule has 0 spiro atoms. The van der Waals surface area contributed by atoms with Gasteiger partial charge in [0.25, 0.3) is 0 Å². The molecule has 1 N–H and O–H groups in total. The third kappa shape index (κ3) is 3.01. The van der Waals surface area contributed by atoms with Gasteiger partial charge < -0.3 is 5.32 Å². The van der Waals surface area contributed by atoms with Crippen LogP contribution in [0.15, 0.2) is 29.0 Å². The van der Waals surface area contributed by atoms with Gasteiger partial charge >= 0.3 is 0 Å². The molecule has 0 amide bonds. The predicted molar refractivity (Wildman–Crippen MR) is 75.3 cm³/mol. The van der Waals surface area contributed by atoms with Gasteiger partial charge in [0.05, 0.1) is 4.47 Å². The highest BCUT2D eigenvalue weighted by Crippen LogP contribution is 2.25. The maximum absolute atomic E-state index is 14.1. The summed E-state index contributed by atoms with van der Waals surface area (Å²) in [5, 5.41) is 7.26. The highest BCUT2D eigenvalue weighted by Gasteiger charge is 2.18. The van der Waals surface area contributed by atoms with Crippen LogP contribution >= 0.6 is 15.9 Å². The number of aromatic nitrogens is 3. The van der Waals surface area contributed by atoms with Crippen molar-refractivity contribution >= 4 is 15.9 Å². The summed E-state index contributed by atoms with van der Waals surface area (Å²) in [6.07, 6.45) is 2.13. The van der Waals surface area contributed by atoms with Crippen LogP contribution in [0.1, 0.15) is 24.4 Å². The molecular formula is C13H16BrFN4. The molecule has 0 radical (unpaired) electrons. The van der Waals surface area contributed by atoms with E-state index >= 15 is 0 Å². The fourth-order valence-corrected chi connectivity index (χ4v) is 2.43. The van der Waals surface area contributed by atoms with E-state index in [-0.39, 0.29) is 11.9 Å². The number of hydrogen-bond acceptors (Lipinski definition) is 3. The minimum Gasteiger partial charge on any atom is -0.313 e. The van der Waals surface area contributed by atoms with E-state index in [2.05, 4.69) is 31.3 Å².